The third-order valence-electron chi connectivity index (χ3n) is 5.03. The number of hydrogen-bond acceptors (Lipinski definition) is 2. The molecule has 0 aliphatic carbocycles. The Kier molecular flexibility index (Phi) is 5.62. The summed E-state index contributed by atoms with van der Waals surface area (Å²) in [7, 11) is 0. The Morgan fingerprint density at radius 3 is 2.58 bits per heavy atom. The molecule has 1 aliphatic heterocycles. The van der Waals surface area contributed by atoms with E-state index in [2.05, 4.69) is 5.32 Å². The maximum atomic E-state index is 12.7. The number of nitrogens with zero attached hydrogens (tertiary/aromatic N) is 1. The van der Waals surface area contributed by atoms with Crippen LogP contribution in [0.15, 0.2) is 42.5 Å². The van der Waals surface area contributed by atoms with E-state index >= 15 is 0 Å². The van der Waals surface area contributed by atoms with Crippen LogP contribution in [-0.2, 0) is 4.79 Å². The lowest BCUT2D eigenvalue weighted by Crippen LogP contribution is -2.43. The molecular formula is C21H23ClN2O2. The molecule has 2 amide bonds. The molecule has 136 valence electrons. The minimum atomic E-state index is -0.195. The standard InChI is InChI=1S/C21H23ClN2O2/c1-14-5-3-7-19(15(14)2)23-20(25)17-6-4-12-24(13-17)21(26)16-8-10-18(22)11-9-16/h3,5,7-11,17H,4,6,12-13H2,1-2H3,(H,23,25). The van der Waals surface area contributed by atoms with Crippen LogP contribution < -0.4 is 5.32 Å². The molecule has 1 unspecified atom stereocenters. The van der Waals surface area contributed by atoms with Crippen molar-refractivity contribution in [1.29, 1.82) is 0 Å². The van der Waals surface area contributed by atoms with Gasteiger partial charge in [-0.2, -0.15) is 0 Å². The highest BCUT2D eigenvalue weighted by molar-refractivity contribution is 6.30. The van der Waals surface area contributed by atoms with Gasteiger partial charge in [-0.3, -0.25) is 9.59 Å². The summed E-state index contributed by atoms with van der Waals surface area (Å²) in [4.78, 5) is 27.2. The smallest absolute Gasteiger partial charge is 0.253 e. The molecule has 2 aromatic rings. The average molecular weight is 371 g/mol. The Hall–Kier alpha value is -2.33. The molecule has 1 N–H and O–H groups in total. The molecule has 1 fully saturated rings. The van der Waals surface area contributed by atoms with Crippen LogP contribution in [-0.4, -0.2) is 29.8 Å². The molecule has 5 heteroatoms. The van der Waals surface area contributed by atoms with E-state index in [4.69, 9.17) is 11.6 Å². The van der Waals surface area contributed by atoms with E-state index in [9.17, 15) is 9.59 Å². The van der Waals surface area contributed by atoms with Gasteiger partial charge in [-0.05, 0) is 68.1 Å². The Balaban J connectivity index is 1.67. The molecule has 1 heterocycles. The van der Waals surface area contributed by atoms with Gasteiger partial charge in [0.1, 0.15) is 0 Å². The first-order valence-electron chi connectivity index (χ1n) is 8.87. The van der Waals surface area contributed by atoms with Gasteiger partial charge in [-0.15, -0.1) is 0 Å². The van der Waals surface area contributed by atoms with Gasteiger partial charge in [0, 0.05) is 29.4 Å². The molecular weight excluding hydrogens is 348 g/mol. The number of halogens is 1. The van der Waals surface area contributed by atoms with Crippen LogP contribution in [0, 0.1) is 19.8 Å². The van der Waals surface area contributed by atoms with E-state index in [1.165, 1.54) is 0 Å². The van der Waals surface area contributed by atoms with Crippen LogP contribution in [0.25, 0.3) is 0 Å². The fourth-order valence-electron chi connectivity index (χ4n) is 3.27. The fourth-order valence-corrected chi connectivity index (χ4v) is 3.40. The van der Waals surface area contributed by atoms with Gasteiger partial charge in [0.2, 0.25) is 5.91 Å². The van der Waals surface area contributed by atoms with Crippen molar-refractivity contribution in [1.82, 2.24) is 4.90 Å². The van der Waals surface area contributed by atoms with Crippen molar-refractivity contribution in [2.24, 2.45) is 5.92 Å². The normalized spacial score (nSPS) is 17.0. The molecule has 0 saturated carbocycles. The summed E-state index contributed by atoms with van der Waals surface area (Å²) in [5, 5.41) is 3.64. The van der Waals surface area contributed by atoms with Crippen LogP contribution in [0.2, 0.25) is 5.02 Å². The average Bonchev–Trinajstić information content (AvgIpc) is 2.65. The highest BCUT2D eigenvalue weighted by atomic mass is 35.5. The molecule has 4 nitrogen and oxygen atoms in total. The van der Waals surface area contributed by atoms with Crippen molar-refractivity contribution < 1.29 is 9.59 Å². The van der Waals surface area contributed by atoms with Crippen molar-refractivity contribution in [2.45, 2.75) is 26.7 Å². The van der Waals surface area contributed by atoms with E-state index in [0.717, 1.165) is 29.7 Å². The molecule has 1 saturated heterocycles. The predicted molar refractivity (Wildman–Crippen MR) is 105 cm³/mol. The largest absolute Gasteiger partial charge is 0.338 e. The maximum absolute atomic E-state index is 12.7. The van der Waals surface area contributed by atoms with Crippen molar-refractivity contribution >= 4 is 29.1 Å². The number of anilines is 1. The van der Waals surface area contributed by atoms with Crippen LogP contribution in [0.1, 0.15) is 34.3 Å². The zero-order chi connectivity index (χ0) is 18.7. The summed E-state index contributed by atoms with van der Waals surface area (Å²) in [5.41, 5.74) is 3.66. The monoisotopic (exact) mass is 370 g/mol. The van der Waals surface area contributed by atoms with Crippen LogP contribution in [0.3, 0.4) is 0 Å². The molecule has 26 heavy (non-hydrogen) atoms. The minimum Gasteiger partial charge on any atom is -0.338 e. The van der Waals surface area contributed by atoms with E-state index in [1.54, 1.807) is 29.2 Å². The van der Waals surface area contributed by atoms with Gasteiger partial charge >= 0.3 is 0 Å². The third-order valence-corrected chi connectivity index (χ3v) is 5.29. The van der Waals surface area contributed by atoms with Gasteiger partial charge in [0.15, 0.2) is 0 Å². The molecule has 1 aliphatic rings. The highest BCUT2D eigenvalue weighted by Gasteiger charge is 2.29. The van der Waals surface area contributed by atoms with E-state index in [0.29, 0.717) is 23.7 Å². The number of likely N-dealkylation sites (tertiary alicyclic amines) is 1. The Morgan fingerprint density at radius 2 is 1.85 bits per heavy atom. The predicted octanol–water partition coefficient (Wildman–Crippen LogP) is 4.45. The number of amides is 2. The zero-order valence-electron chi connectivity index (χ0n) is 15.1. The number of carbonyl (C=O) groups is 2. The Morgan fingerprint density at radius 1 is 1.12 bits per heavy atom. The van der Waals surface area contributed by atoms with Gasteiger partial charge < -0.3 is 10.2 Å². The molecule has 0 radical (unpaired) electrons. The summed E-state index contributed by atoms with van der Waals surface area (Å²) in [6, 6.07) is 12.8. The second-order valence-corrected chi connectivity index (χ2v) is 7.27. The first-order valence-corrected chi connectivity index (χ1v) is 9.25. The number of piperidine rings is 1. The molecule has 0 aromatic heterocycles. The minimum absolute atomic E-state index is 0.0210. The van der Waals surface area contributed by atoms with Gasteiger partial charge in [0.05, 0.1) is 5.92 Å². The van der Waals surface area contributed by atoms with Crippen molar-refractivity contribution in [3.05, 3.63) is 64.2 Å². The number of benzene rings is 2. The fraction of sp³-hybridized carbons (Fsp3) is 0.333. The summed E-state index contributed by atoms with van der Waals surface area (Å²) >= 11 is 5.89. The molecule has 0 bridgehead atoms. The van der Waals surface area contributed by atoms with Gasteiger partial charge in [0.25, 0.3) is 5.91 Å². The summed E-state index contributed by atoms with van der Waals surface area (Å²) in [5.74, 6) is -0.266. The summed E-state index contributed by atoms with van der Waals surface area (Å²) in [6.07, 6.45) is 1.62. The Bertz CT molecular complexity index is 817. The molecule has 0 spiro atoms. The number of carbonyl (C=O) groups excluding carboxylic acids is 2. The van der Waals surface area contributed by atoms with Crippen molar-refractivity contribution in [2.75, 3.05) is 18.4 Å². The topological polar surface area (TPSA) is 49.4 Å². The molecule has 1 atom stereocenters. The van der Waals surface area contributed by atoms with E-state index < -0.39 is 0 Å². The Labute approximate surface area is 159 Å². The maximum Gasteiger partial charge on any atom is 0.253 e. The SMILES string of the molecule is Cc1cccc(NC(=O)C2CCCN(C(=O)c3ccc(Cl)cc3)C2)c1C. The zero-order valence-corrected chi connectivity index (χ0v) is 15.8. The van der Waals surface area contributed by atoms with E-state index in [-0.39, 0.29) is 17.7 Å². The number of hydrogen-bond donors (Lipinski definition) is 1. The lowest BCUT2D eigenvalue weighted by Gasteiger charge is -2.32. The van der Waals surface area contributed by atoms with Gasteiger partial charge in [-0.1, -0.05) is 23.7 Å². The lowest BCUT2D eigenvalue weighted by atomic mass is 9.96. The van der Waals surface area contributed by atoms with Crippen LogP contribution >= 0.6 is 11.6 Å². The third kappa shape index (κ3) is 4.07. The first-order chi connectivity index (χ1) is 12.5. The second kappa shape index (κ2) is 7.92. The number of aryl methyl sites for hydroxylation is 1. The lowest BCUT2D eigenvalue weighted by molar-refractivity contribution is -0.121. The van der Waals surface area contributed by atoms with E-state index in [1.807, 2.05) is 32.0 Å². The number of nitrogens with one attached hydrogen (secondary N) is 1. The van der Waals surface area contributed by atoms with Crippen molar-refractivity contribution in [3.63, 3.8) is 0 Å². The van der Waals surface area contributed by atoms with Crippen molar-refractivity contribution in [3.8, 4) is 0 Å². The first kappa shape index (κ1) is 18.5. The quantitative estimate of drug-likeness (QED) is 0.867. The summed E-state index contributed by atoms with van der Waals surface area (Å²) < 4.78 is 0. The van der Waals surface area contributed by atoms with Gasteiger partial charge in [-0.25, -0.2) is 0 Å². The number of rotatable bonds is 3. The van der Waals surface area contributed by atoms with Crippen LogP contribution in [0.5, 0.6) is 0 Å². The molecule has 3 rings (SSSR count). The summed E-state index contributed by atoms with van der Waals surface area (Å²) in [6.45, 7) is 5.15. The highest BCUT2D eigenvalue weighted by Crippen LogP contribution is 2.23. The van der Waals surface area contributed by atoms with Crippen LogP contribution in [0.4, 0.5) is 5.69 Å². The second-order valence-electron chi connectivity index (χ2n) is 6.83. The molecule has 2 aromatic carbocycles.